The van der Waals surface area contributed by atoms with Crippen LogP contribution in [0.1, 0.15) is 18.1 Å². The van der Waals surface area contributed by atoms with E-state index in [9.17, 15) is 5.11 Å². The quantitative estimate of drug-likeness (QED) is 0.846. The number of ether oxygens (including phenoxy) is 1. The first kappa shape index (κ1) is 13.1. The van der Waals surface area contributed by atoms with Gasteiger partial charge in [0.05, 0.1) is 12.8 Å². The highest BCUT2D eigenvalue weighted by Gasteiger charge is 2.05. The Morgan fingerprint density at radius 2 is 1.89 bits per heavy atom. The zero-order valence-corrected chi connectivity index (χ0v) is 11.3. The van der Waals surface area contributed by atoms with Crippen LogP contribution in [0.15, 0.2) is 47.5 Å². The zero-order chi connectivity index (χ0) is 13.8. The standard InChI is InChI=1S/C16H17NO2/c1-11-6-4-5-7-14(11)17-12(2)13-8-9-16(19-3)15(18)10-13/h4-10,18H,1-3H3. The van der Waals surface area contributed by atoms with Gasteiger partial charge >= 0.3 is 0 Å². The number of benzene rings is 2. The molecule has 0 aliphatic rings. The Morgan fingerprint density at radius 1 is 1.16 bits per heavy atom. The van der Waals surface area contributed by atoms with E-state index in [1.165, 1.54) is 7.11 Å². The van der Waals surface area contributed by atoms with E-state index in [2.05, 4.69) is 4.99 Å². The van der Waals surface area contributed by atoms with Crippen LogP contribution in [-0.2, 0) is 0 Å². The molecule has 2 aromatic carbocycles. The number of rotatable bonds is 3. The highest BCUT2D eigenvalue weighted by atomic mass is 16.5. The molecule has 0 aliphatic carbocycles. The fourth-order valence-corrected chi connectivity index (χ4v) is 1.85. The molecule has 0 heterocycles. The second-order valence-electron chi connectivity index (χ2n) is 4.37. The summed E-state index contributed by atoms with van der Waals surface area (Å²) in [6.45, 7) is 3.95. The van der Waals surface area contributed by atoms with Crippen molar-refractivity contribution >= 4 is 11.4 Å². The van der Waals surface area contributed by atoms with Gasteiger partial charge in [-0.05, 0) is 49.2 Å². The lowest BCUT2D eigenvalue weighted by Gasteiger charge is -2.07. The van der Waals surface area contributed by atoms with E-state index in [1.807, 2.05) is 44.2 Å². The Balaban J connectivity index is 2.36. The lowest BCUT2D eigenvalue weighted by atomic mass is 10.1. The number of phenolic OH excluding ortho intramolecular Hbond substituents is 1. The number of aromatic hydroxyl groups is 1. The van der Waals surface area contributed by atoms with Crippen molar-refractivity contribution in [2.75, 3.05) is 7.11 Å². The Bertz CT molecular complexity index is 618. The van der Waals surface area contributed by atoms with E-state index in [0.717, 1.165) is 22.5 Å². The number of hydrogen-bond acceptors (Lipinski definition) is 3. The van der Waals surface area contributed by atoms with Crippen molar-refractivity contribution in [3.05, 3.63) is 53.6 Å². The summed E-state index contributed by atoms with van der Waals surface area (Å²) in [5.74, 6) is 0.590. The van der Waals surface area contributed by atoms with Crippen molar-refractivity contribution in [2.24, 2.45) is 4.99 Å². The van der Waals surface area contributed by atoms with Crippen molar-refractivity contribution in [1.82, 2.24) is 0 Å². The average Bonchev–Trinajstić information content (AvgIpc) is 2.41. The SMILES string of the molecule is COc1ccc(C(C)=Nc2ccccc2C)cc1O. The number of aliphatic imine (C=N–C) groups is 1. The van der Waals surface area contributed by atoms with Crippen LogP contribution in [0.4, 0.5) is 5.69 Å². The predicted molar refractivity (Wildman–Crippen MR) is 77.7 cm³/mol. The topological polar surface area (TPSA) is 41.8 Å². The summed E-state index contributed by atoms with van der Waals surface area (Å²) < 4.78 is 5.03. The van der Waals surface area contributed by atoms with E-state index < -0.39 is 0 Å². The summed E-state index contributed by atoms with van der Waals surface area (Å²) in [6, 6.07) is 13.2. The van der Waals surface area contributed by atoms with Crippen molar-refractivity contribution in [3.63, 3.8) is 0 Å². The maximum atomic E-state index is 9.78. The normalized spacial score (nSPS) is 11.4. The number of aryl methyl sites for hydroxylation is 1. The molecule has 0 bridgehead atoms. The highest BCUT2D eigenvalue weighted by molar-refractivity contribution is 6.00. The first-order valence-electron chi connectivity index (χ1n) is 6.10. The number of para-hydroxylation sites is 1. The first-order chi connectivity index (χ1) is 9.11. The van der Waals surface area contributed by atoms with E-state index in [1.54, 1.807) is 12.1 Å². The molecule has 0 unspecified atom stereocenters. The predicted octanol–water partition coefficient (Wildman–Crippen LogP) is 3.85. The van der Waals surface area contributed by atoms with Crippen molar-refractivity contribution < 1.29 is 9.84 Å². The molecule has 3 nitrogen and oxygen atoms in total. The highest BCUT2D eigenvalue weighted by Crippen LogP contribution is 2.27. The van der Waals surface area contributed by atoms with E-state index in [-0.39, 0.29) is 5.75 Å². The molecule has 19 heavy (non-hydrogen) atoms. The van der Waals surface area contributed by atoms with Crippen LogP contribution in [0.3, 0.4) is 0 Å². The maximum absolute atomic E-state index is 9.78. The largest absolute Gasteiger partial charge is 0.504 e. The molecule has 2 rings (SSSR count). The average molecular weight is 255 g/mol. The molecule has 2 aromatic rings. The van der Waals surface area contributed by atoms with Gasteiger partial charge < -0.3 is 9.84 Å². The molecule has 0 spiro atoms. The van der Waals surface area contributed by atoms with Crippen molar-refractivity contribution in [2.45, 2.75) is 13.8 Å². The van der Waals surface area contributed by atoms with E-state index in [0.29, 0.717) is 5.75 Å². The summed E-state index contributed by atoms with van der Waals surface area (Å²) in [6.07, 6.45) is 0. The van der Waals surface area contributed by atoms with E-state index >= 15 is 0 Å². The van der Waals surface area contributed by atoms with Gasteiger partial charge in [0.1, 0.15) is 0 Å². The van der Waals surface area contributed by atoms with Crippen LogP contribution in [0.25, 0.3) is 0 Å². The summed E-state index contributed by atoms with van der Waals surface area (Å²) >= 11 is 0. The van der Waals surface area contributed by atoms with Gasteiger partial charge in [-0.15, -0.1) is 0 Å². The molecular formula is C16H17NO2. The molecule has 0 aromatic heterocycles. The molecule has 0 aliphatic heterocycles. The second-order valence-corrected chi connectivity index (χ2v) is 4.37. The molecule has 0 atom stereocenters. The van der Waals surface area contributed by atoms with Gasteiger partial charge in [0, 0.05) is 5.71 Å². The van der Waals surface area contributed by atoms with Gasteiger partial charge in [0.2, 0.25) is 0 Å². The first-order valence-corrected chi connectivity index (χ1v) is 6.10. The Kier molecular flexibility index (Phi) is 3.85. The zero-order valence-electron chi connectivity index (χ0n) is 11.3. The maximum Gasteiger partial charge on any atom is 0.160 e. The molecule has 0 fully saturated rings. The minimum Gasteiger partial charge on any atom is -0.504 e. The van der Waals surface area contributed by atoms with Crippen LogP contribution in [0.2, 0.25) is 0 Å². The van der Waals surface area contributed by atoms with Gasteiger partial charge in [0.15, 0.2) is 11.5 Å². The monoisotopic (exact) mass is 255 g/mol. The Hall–Kier alpha value is -2.29. The number of phenols is 1. The van der Waals surface area contributed by atoms with Gasteiger partial charge in [-0.1, -0.05) is 18.2 Å². The lowest BCUT2D eigenvalue weighted by molar-refractivity contribution is 0.373. The summed E-state index contributed by atoms with van der Waals surface area (Å²) in [5, 5.41) is 9.78. The van der Waals surface area contributed by atoms with E-state index in [4.69, 9.17) is 4.74 Å². The Morgan fingerprint density at radius 3 is 2.53 bits per heavy atom. The number of methoxy groups -OCH3 is 1. The smallest absolute Gasteiger partial charge is 0.160 e. The van der Waals surface area contributed by atoms with Gasteiger partial charge in [-0.3, -0.25) is 4.99 Å². The van der Waals surface area contributed by atoms with Crippen LogP contribution in [0.5, 0.6) is 11.5 Å². The summed E-state index contributed by atoms with van der Waals surface area (Å²) in [4.78, 5) is 4.59. The van der Waals surface area contributed by atoms with Gasteiger partial charge in [0.25, 0.3) is 0 Å². The minimum atomic E-state index is 0.124. The molecule has 98 valence electrons. The lowest BCUT2D eigenvalue weighted by Crippen LogP contribution is -1.95. The molecule has 1 N–H and O–H groups in total. The fourth-order valence-electron chi connectivity index (χ4n) is 1.85. The molecule has 0 amide bonds. The van der Waals surface area contributed by atoms with Crippen molar-refractivity contribution in [1.29, 1.82) is 0 Å². The minimum absolute atomic E-state index is 0.124. The molecular weight excluding hydrogens is 238 g/mol. The third kappa shape index (κ3) is 2.94. The summed E-state index contributed by atoms with van der Waals surface area (Å²) in [7, 11) is 1.53. The van der Waals surface area contributed by atoms with Crippen LogP contribution >= 0.6 is 0 Å². The van der Waals surface area contributed by atoms with Crippen LogP contribution < -0.4 is 4.74 Å². The van der Waals surface area contributed by atoms with Crippen molar-refractivity contribution in [3.8, 4) is 11.5 Å². The van der Waals surface area contributed by atoms with Gasteiger partial charge in [-0.2, -0.15) is 0 Å². The van der Waals surface area contributed by atoms with Crippen LogP contribution in [0, 0.1) is 6.92 Å². The van der Waals surface area contributed by atoms with Crippen LogP contribution in [-0.4, -0.2) is 17.9 Å². The second kappa shape index (κ2) is 5.57. The van der Waals surface area contributed by atoms with Gasteiger partial charge in [-0.25, -0.2) is 0 Å². The number of nitrogens with zero attached hydrogens (tertiary/aromatic N) is 1. The molecule has 0 radical (unpaired) electrons. The molecule has 0 saturated carbocycles. The molecule has 0 saturated heterocycles. The fraction of sp³-hybridized carbons (Fsp3) is 0.188. The Labute approximate surface area is 113 Å². The summed E-state index contributed by atoms with van der Waals surface area (Å²) in [5.41, 5.74) is 3.80. The third-order valence-electron chi connectivity index (χ3n) is 3.00. The molecule has 3 heteroatoms. The number of hydrogen-bond donors (Lipinski definition) is 1. The third-order valence-corrected chi connectivity index (χ3v) is 3.00.